The van der Waals surface area contributed by atoms with E-state index in [0.717, 1.165) is 25.2 Å². The summed E-state index contributed by atoms with van der Waals surface area (Å²) in [4.78, 5) is 2.16. The Morgan fingerprint density at radius 3 is 2.80 bits per heavy atom. The molecular weight excluding hydrogens is 210 g/mol. The molecule has 0 spiro atoms. The van der Waals surface area contributed by atoms with Crippen LogP contribution in [0.25, 0.3) is 0 Å². The van der Waals surface area contributed by atoms with E-state index in [1.165, 1.54) is 0 Å². The number of nitrogen functional groups attached to an aromatic ring is 1. The standard InChI is InChI=1S/C11H18ClN3/c1-15(2)8-4-7-14-10-6-3-5-9(12)11(10)13/h3,5-6,14H,4,7-8,13H2,1-2H3. The van der Waals surface area contributed by atoms with Crippen molar-refractivity contribution < 1.29 is 0 Å². The zero-order chi connectivity index (χ0) is 11.3. The average molecular weight is 228 g/mol. The lowest BCUT2D eigenvalue weighted by Gasteiger charge is -2.12. The number of rotatable bonds is 5. The molecule has 4 heteroatoms. The molecule has 0 aliphatic heterocycles. The number of benzene rings is 1. The van der Waals surface area contributed by atoms with Crippen LogP contribution in [0, 0.1) is 0 Å². The van der Waals surface area contributed by atoms with Gasteiger partial charge in [-0.1, -0.05) is 17.7 Å². The van der Waals surface area contributed by atoms with Crippen molar-refractivity contribution in [3.05, 3.63) is 23.2 Å². The van der Waals surface area contributed by atoms with Crippen LogP contribution in [-0.4, -0.2) is 32.1 Å². The van der Waals surface area contributed by atoms with E-state index in [2.05, 4.69) is 24.3 Å². The van der Waals surface area contributed by atoms with Crippen LogP contribution in [0.3, 0.4) is 0 Å². The van der Waals surface area contributed by atoms with E-state index in [1.807, 2.05) is 12.1 Å². The van der Waals surface area contributed by atoms with Gasteiger partial charge in [0, 0.05) is 6.54 Å². The molecule has 1 aromatic carbocycles. The fourth-order valence-corrected chi connectivity index (χ4v) is 1.48. The van der Waals surface area contributed by atoms with Crippen molar-refractivity contribution in [1.29, 1.82) is 0 Å². The molecule has 0 aromatic heterocycles. The van der Waals surface area contributed by atoms with Crippen LogP contribution in [0.4, 0.5) is 11.4 Å². The topological polar surface area (TPSA) is 41.3 Å². The van der Waals surface area contributed by atoms with Crippen molar-refractivity contribution in [2.45, 2.75) is 6.42 Å². The van der Waals surface area contributed by atoms with E-state index in [0.29, 0.717) is 10.7 Å². The molecule has 3 nitrogen and oxygen atoms in total. The minimum Gasteiger partial charge on any atom is -0.396 e. The van der Waals surface area contributed by atoms with E-state index >= 15 is 0 Å². The molecule has 1 aromatic rings. The molecule has 0 saturated heterocycles. The molecule has 0 aliphatic carbocycles. The smallest absolute Gasteiger partial charge is 0.0739 e. The third-order valence-corrected chi connectivity index (χ3v) is 2.48. The normalized spacial score (nSPS) is 10.7. The number of hydrogen-bond acceptors (Lipinski definition) is 3. The Hall–Kier alpha value is -0.930. The number of nitrogens with zero attached hydrogens (tertiary/aromatic N) is 1. The van der Waals surface area contributed by atoms with E-state index in [4.69, 9.17) is 17.3 Å². The zero-order valence-corrected chi connectivity index (χ0v) is 10.0. The van der Waals surface area contributed by atoms with Crippen LogP contribution in [0.1, 0.15) is 6.42 Å². The van der Waals surface area contributed by atoms with Gasteiger partial charge in [0.05, 0.1) is 16.4 Å². The van der Waals surface area contributed by atoms with Gasteiger partial charge in [0.1, 0.15) is 0 Å². The highest BCUT2D eigenvalue weighted by molar-refractivity contribution is 6.33. The molecule has 0 saturated carbocycles. The second-order valence-electron chi connectivity index (χ2n) is 3.78. The average Bonchev–Trinajstić information content (AvgIpc) is 2.18. The fraction of sp³-hybridized carbons (Fsp3) is 0.455. The van der Waals surface area contributed by atoms with Gasteiger partial charge >= 0.3 is 0 Å². The van der Waals surface area contributed by atoms with Crippen LogP contribution >= 0.6 is 11.6 Å². The minimum absolute atomic E-state index is 0.604. The summed E-state index contributed by atoms with van der Waals surface area (Å²) in [5, 5.41) is 3.88. The maximum Gasteiger partial charge on any atom is 0.0739 e. The van der Waals surface area contributed by atoms with Gasteiger partial charge in [0.25, 0.3) is 0 Å². The zero-order valence-electron chi connectivity index (χ0n) is 9.26. The predicted octanol–water partition coefficient (Wildman–Crippen LogP) is 2.29. The maximum absolute atomic E-state index is 5.90. The molecular formula is C11H18ClN3. The van der Waals surface area contributed by atoms with Gasteiger partial charge in [0.15, 0.2) is 0 Å². The monoisotopic (exact) mass is 227 g/mol. The Labute approximate surface area is 96.2 Å². The Balaban J connectivity index is 2.41. The molecule has 0 heterocycles. The number of halogens is 1. The van der Waals surface area contributed by atoms with Gasteiger partial charge in [-0.25, -0.2) is 0 Å². The Morgan fingerprint density at radius 2 is 2.13 bits per heavy atom. The molecule has 0 unspecified atom stereocenters. The maximum atomic E-state index is 5.90. The van der Waals surface area contributed by atoms with Crippen LogP contribution in [0.2, 0.25) is 5.02 Å². The summed E-state index contributed by atoms with van der Waals surface area (Å²) in [5.41, 5.74) is 7.37. The third-order valence-electron chi connectivity index (χ3n) is 2.15. The van der Waals surface area contributed by atoms with E-state index in [1.54, 1.807) is 6.07 Å². The van der Waals surface area contributed by atoms with Crippen molar-refractivity contribution in [2.24, 2.45) is 0 Å². The van der Waals surface area contributed by atoms with Gasteiger partial charge in [0.2, 0.25) is 0 Å². The second-order valence-corrected chi connectivity index (χ2v) is 4.19. The van der Waals surface area contributed by atoms with Gasteiger partial charge in [-0.3, -0.25) is 0 Å². The van der Waals surface area contributed by atoms with Crippen molar-refractivity contribution in [3.63, 3.8) is 0 Å². The lowest BCUT2D eigenvalue weighted by atomic mass is 10.2. The van der Waals surface area contributed by atoms with E-state index in [9.17, 15) is 0 Å². The third kappa shape index (κ3) is 3.98. The highest BCUT2D eigenvalue weighted by Crippen LogP contribution is 2.26. The second kappa shape index (κ2) is 5.83. The molecule has 15 heavy (non-hydrogen) atoms. The molecule has 0 amide bonds. The molecule has 0 fully saturated rings. The summed E-state index contributed by atoms with van der Waals surface area (Å²) in [6.45, 7) is 1.97. The van der Waals surface area contributed by atoms with Crippen LogP contribution < -0.4 is 11.1 Å². The lowest BCUT2D eigenvalue weighted by molar-refractivity contribution is 0.405. The van der Waals surface area contributed by atoms with Crippen LogP contribution in [0.15, 0.2) is 18.2 Å². The first-order chi connectivity index (χ1) is 7.11. The number of nitrogens with one attached hydrogen (secondary N) is 1. The number of para-hydroxylation sites is 1. The van der Waals surface area contributed by atoms with Gasteiger partial charge in [-0.2, -0.15) is 0 Å². The summed E-state index contributed by atoms with van der Waals surface area (Å²) in [6.07, 6.45) is 1.08. The first-order valence-electron chi connectivity index (χ1n) is 5.04. The molecule has 1 rings (SSSR count). The molecule has 84 valence electrons. The Morgan fingerprint density at radius 1 is 1.40 bits per heavy atom. The highest BCUT2D eigenvalue weighted by atomic mass is 35.5. The van der Waals surface area contributed by atoms with Gasteiger partial charge < -0.3 is 16.0 Å². The SMILES string of the molecule is CN(C)CCCNc1cccc(Cl)c1N. The summed E-state index contributed by atoms with van der Waals surface area (Å²) >= 11 is 5.90. The predicted molar refractivity (Wildman–Crippen MR) is 67.5 cm³/mol. The van der Waals surface area contributed by atoms with Crippen molar-refractivity contribution >= 4 is 23.0 Å². The quantitative estimate of drug-likeness (QED) is 0.599. The van der Waals surface area contributed by atoms with Crippen molar-refractivity contribution in [2.75, 3.05) is 38.2 Å². The lowest BCUT2D eigenvalue weighted by Crippen LogP contribution is -2.16. The van der Waals surface area contributed by atoms with E-state index in [-0.39, 0.29) is 0 Å². The summed E-state index contributed by atoms with van der Waals surface area (Å²) in [5.74, 6) is 0. The molecule has 0 bridgehead atoms. The Kier molecular flexibility index (Phi) is 4.72. The van der Waals surface area contributed by atoms with Gasteiger partial charge in [-0.05, 0) is 39.2 Å². The van der Waals surface area contributed by atoms with Crippen molar-refractivity contribution in [3.8, 4) is 0 Å². The molecule has 3 N–H and O–H groups in total. The molecule has 0 aliphatic rings. The first kappa shape index (κ1) is 12.1. The molecule has 0 radical (unpaired) electrons. The summed E-state index contributed by atoms with van der Waals surface area (Å²) < 4.78 is 0. The number of hydrogen-bond donors (Lipinski definition) is 2. The van der Waals surface area contributed by atoms with Crippen molar-refractivity contribution in [1.82, 2.24) is 4.90 Å². The largest absolute Gasteiger partial charge is 0.396 e. The highest BCUT2D eigenvalue weighted by Gasteiger charge is 2.01. The number of nitrogens with two attached hydrogens (primary N) is 1. The Bertz CT molecular complexity index is 313. The van der Waals surface area contributed by atoms with E-state index < -0.39 is 0 Å². The van der Waals surface area contributed by atoms with Gasteiger partial charge in [-0.15, -0.1) is 0 Å². The van der Waals surface area contributed by atoms with Crippen LogP contribution in [-0.2, 0) is 0 Å². The van der Waals surface area contributed by atoms with Crippen LogP contribution in [0.5, 0.6) is 0 Å². The molecule has 0 atom stereocenters. The summed E-state index contributed by atoms with van der Waals surface area (Å²) in [6, 6.07) is 5.63. The minimum atomic E-state index is 0.604. The summed E-state index contributed by atoms with van der Waals surface area (Å²) in [7, 11) is 4.13. The fourth-order valence-electron chi connectivity index (χ4n) is 1.31. The number of anilines is 2. The first-order valence-corrected chi connectivity index (χ1v) is 5.41.